The molecule has 0 saturated carbocycles. The first-order valence-electron chi connectivity index (χ1n) is 7.76. The van der Waals surface area contributed by atoms with Crippen LogP contribution in [0, 0.1) is 0 Å². The lowest BCUT2D eigenvalue weighted by molar-refractivity contribution is -0.697. The number of Topliss-reactive ketones (excluding diaryl/α,β-unsaturated/α-hetero) is 2. The summed E-state index contributed by atoms with van der Waals surface area (Å²) in [6, 6.07) is 3.67. The number of alkyl halides is 1. The molecule has 0 fully saturated rings. The van der Waals surface area contributed by atoms with Gasteiger partial charge in [-0.25, -0.2) is 4.57 Å². The number of ketones is 2. The normalized spacial score (nSPS) is 10.9. The summed E-state index contributed by atoms with van der Waals surface area (Å²) < 4.78 is 2.06. The summed E-state index contributed by atoms with van der Waals surface area (Å²) in [7, 11) is 0. The van der Waals surface area contributed by atoms with E-state index in [-0.39, 0.29) is 11.6 Å². The number of nitrogens with zero attached hydrogens (tertiary/aromatic N) is 2. The molecule has 0 amide bonds. The molecule has 0 aliphatic rings. The molecule has 1 aromatic heterocycles. The van der Waals surface area contributed by atoms with Crippen molar-refractivity contribution in [1.29, 1.82) is 0 Å². The number of hydrogen-bond acceptors (Lipinski definition) is 3. The first kappa shape index (κ1) is 22.1. The Bertz CT molecular complexity index is 590. The zero-order valence-corrected chi connectivity index (χ0v) is 16.3. The number of aliphatic imine (C=N–C) groups is 1. The van der Waals surface area contributed by atoms with E-state index in [0.717, 1.165) is 31.5 Å². The molecule has 0 aromatic carbocycles. The van der Waals surface area contributed by atoms with Gasteiger partial charge >= 0.3 is 0 Å². The summed E-state index contributed by atoms with van der Waals surface area (Å²) in [5.41, 5.74) is 1.31. The number of carbonyl (C=O) groups is 2. The maximum Gasteiger partial charge on any atom is 0.169 e. The second-order valence-corrected chi connectivity index (χ2v) is 5.03. The smallest absolute Gasteiger partial charge is 0.169 e. The number of rotatable bonds is 9. The Morgan fingerprint density at radius 1 is 1.21 bits per heavy atom. The zero-order valence-electron chi connectivity index (χ0n) is 14.7. The number of halogens is 1. The standard InChI is InChI=1S/C18H23N2O2.CH3Br/c1-4-17(15(2)21)7-11-19-10-5-6-12-20-13-8-18(9-14-20)16(3)22;1-2/h4,7-9,11,13-14H,1,5-6,10,12H2,2-3H3;1H3/q+1;/b17-7+,19-11?;. The topological polar surface area (TPSA) is 50.4 Å². The van der Waals surface area contributed by atoms with E-state index in [1.54, 1.807) is 19.2 Å². The predicted molar refractivity (Wildman–Crippen MR) is 103 cm³/mol. The monoisotopic (exact) mass is 393 g/mol. The van der Waals surface area contributed by atoms with Gasteiger partial charge in [0.25, 0.3) is 0 Å². The van der Waals surface area contributed by atoms with Crippen molar-refractivity contribution in [2.45, 2.75) is 33.2 Å². The second-order valence-electron chi connectivity index (χ2n) is 5.03. The van der Waals surface area contributed by atoms with E-state index >= 15 is 0 Å². The number of allylic oxidation sites excluding steroid dienone is 3. The fourth-order valence-corrected chi connectivity index (χ4v) is 1.88. The van der Waals surface area contributed by atoms with Crippen LogP contribution < -0.4 is 4.57 Å². The fourth-order valence-electron chi connectivity index (χ4n) is 1.88. The SMILES string of the molecule is C=C/C(=C\C=NCCCC[n+]1ccc(C(C)=O)cc1)C(C)=O.CBr. The van der Waals surface area contributed by atoms with Crippen LogP contribution in [0.1, 0.15) is 37.0 Å². The predicted octanol–water partition coefficient (Wildman–Crippen LogP) is 3.74. The van der Waals surface area contributed by atoms with Gasteiger partial charge in [-0.2, -0.15) is 0 Å². The number of unbranched alkanes of at least 4 members (excludes halogenated alkanes) is 1. The lowest BCUT2D eigenvalue weighted by Crippen LogP contribution is -2.32. The Labute approximate surface area is 153 Å². The average molecular weight is 394 g/mol. The van der Waals surface area contributed by atoms with Crippen LogP contribution in [-0.2, 0) is 11.3 Å². The van der Waals surface area contributed by atoms with Crippen LogP contribution in [0.5, 0.6) is 0 Å². The lowest BCUT2D eigenvalue weighted by Gasteiger charge is -1.97. The molecular formula is C19H26BrN2O2+. The van der Waals surface area contributed by atoms with Crippen LogP contribution in [0.15, 0.2) is 53.8 Å². The van der Waals surface area contributed by atoms with Crippen molar-refractivity contribution in [2.24, 2.45) is 4.99 Å². The van der Waals surface area contributed by atoms with E-state index < -0.39 is 0 Å². The lowest BCUT2D eigenvalue weighted by atomic mass is 10.2. The highest BCUT2D eigenvalue weighted by Gasteiger charge is 2.03. The van der Waals surface area contributed by atoms with Crippen LogP contribution in [0.3, 0.4) is 0 Å². The molecule has 0 aliphatic carbocycles. The molecule has 0 bridgehead atoms. The molecule has 0 N–H and O–H groups in total. The van der Waals surface area contributed by atoms with Crippen molar-refractivity contribution in [3.05, 3.63) is 54.4 Å². The minimum atomic E-state index is -0.00754. The summed E-state index contributed by atoms with van der Waals surface area (Å²) in [6.07, 6.45) is 10.7. The van der Waals surface area contributed by atoms with E-state index in [1.165, 1.54) is 13.0 Å². The third-order valence-electron chi connectivity index (χ3n) is 3.24. The van der Waals surface area contributed by atoms with Gasteiger partial charge in [-0.05, 0) is 32.2 Å². The Morgan fingerprint density at radius 3 is 2.33 bits per heavy atom. The molecule has 24 heavy (non-hydrogen) atoms. The molecule has 4 nitrogen and oxygen atoms in total. The van der Waals surface area contributed by atoms with Gasteiger partial charge in [0.1, 0.15) is 6.54 Å². The summed E-state index contributed by atoms with van der Waals surface area (Å²) >= 11 is 2.94. The molecule has 1 heterocycles. The Morgan fingerprint density at radius 2 is 1.83 bits per heavy atom. The van der Waals surface area contributed by atoms with Gasteiger partial charge in [-0.15, -0.1) is 0 Å². The van der Waals surface area contributed by atoms with Gasteiger partial charge in [0.2, 0.25) is 0 Å². The molecule has 0 atom stereocenters. The van der Waals surface area contributed by atoms with Crippen molar-refractivity contribution >= 4 is 33.7 Å². The van der Waals surface area contributed by atoms with E-state index in [9.17, 15) is 9.59 Å². The summed E-state index contributed by atoms with van der Waals surface area (Å²) in [5, 5.41) is 0. The summed E-state index contributed by atoms with van der Waals surface area (Å²) in [5.74, 6) is 1.89. The van der Waals surface area contributed by atoms with Crippen molar-refractivity contribution in [3.8, 4) is 0 Å². The van der Waals surface area contributed by atoms with Gasteiger partial charge in [0.15, 0.2) is 24.0 Å². The third kappa shape index (κ3) is 9.30. The first-order valence-corrected chi connectivity index (χ1v) is 9.34. The van der Waals surface area contributed by atoms with Gasteiger partial charge in [0.05, 0.1) is 0 Å². The molecule has 5 heteroatoms. The van der Waals surface area contributed by atoms with E-state index in [0.29, 0.717) is 5.57 Å². The Balaban J connectivity index is 0.00000254. The minimum Gasteiger partial charge on any atom is -0.295 e. The number of hydrogen-bond donors (Lipinski definition) is 0. The molecule has 0 spiro atoms. The van der Waals surface area contributed by atoms with Gasteiger partial charge in [-0.3, -0.25) is 14.6 Å². The summed E-state index contributed by atoms with van der Waals surface area (Å²) in [6.45, 7) is 8.29. The molecule has 0 saturated heterocycles. The molecule has 1 rings (SSSR count). The van der Waals surface area contributed by atoms with Gasteiger partial charge < -0.3 is 0 Å². The Kier molecular flexibility index (Phi) is 12.5. The highest BCUT2D eigenvalue weighted by Crippen LogP contribution is 1.97. The quantitative estimate of drug-likeness (QED) is 0.122. The largest absolute Gasteiger partial charge is 0.295 e. The zero-order chi connectivity index (χ0) is 18.4. The molecule has 1 aromatic rings. The van der Waals surface area contributed by atoms with Crippen molar-refractivity contribution in [2.75, 3.05) is 12.4 Å². The van der Waals surface area contributed by atoms with Crippen molar-refractivity contribution < 1.29 is 14.2 Å². The maximum atomic E-state index is 11.2. The van der Waals surface area contributed by atoms with Crippen molar-refractivity contribution in [1.82, 2.24) is 0 Å². The number of carbonyl (C=O) groups excluding carboxylic acids is 2. The van der Waals surface area contributed by atoms with Gasteiger partial charge in [-0.1, -0.05) is 28.6 Å². The number of aromatic nitrogens is 1. The van der Waals surface area contributed by atoms with Crippen molar-refractivity contribution in [3.63, 3.8) is 0 Å². The second kappa shape index (κ2) is 13.5. The molecule has 0 radical (unpaired) electrons. The van der Waals surface area contributed by atoms with Crippen LogP contribution >= 0.6 is 15.9 Å². The minimum absolute atomic E-state index is 0.00754. The average Bonchev–Trinajstić information content (AvgIpc) is 2.59. The molecular weight excluding hydrogens is 368 g/mol. The molecule has 0 aliphatic heterocycles. The molecule has 0 unspecified atom stereocenters. The van der Waals surface area contributed by atoms with E-state index in [2.05, 4.69) is 32.1 Å². The number of pyridine rings is 1. The fraction of sp³-hybridized carbons (Fsp3) is 0.368. The number of aryl methyl sites for hydroxylation is 1. The van der Waals surface area contributed by atoms with Crippen LogP contribution in [-0.4, -0.2) is 30.2 Å². The summed E-state index contributed by atoms with van der Waals surface area (Å²) in [4.78, 5) is 26.6. The van der Waals surface area contributed by atoms with E-state index in [1.807, 2.05) is 30.4 Å². The van der Waals surface area contributed by atoms with Crippen LogP contribution in [0.2, 0.25) is 0 Å². The highest BCUT2D eigenvalue weighted by molar-refractivity contribution is 9.08. The van der Waals surface area contributed by atoms with E-state index in [4.69, 9.17) is 0 Å². The maximum absolute atomic E-state index is 11.2. The highest BCUT2D eigenvalue weighted by atomic mass is 79.9. The van der Waals surface area contributed by atoms with Crippen LogP contribution in [0.4, 0.5) is 0 Å². The van der Waals surface area contributed by atoms with Gasteiger partial charge in [0, 0.05) is 42.4 Å². The first-order chi connectivity index (χ1) is 11.5. The Hall–Kier alpha value is -1.88. The van der Waals surface area contributed by atoms with Crippen LogP contribution in [0.25, 0.3) is 0 Å². The third-order valence-corrected chi connectivity index (χ3v) is 3.24. The molecule has 130 valence electrons.